The van der Waals surface area contributed by atoms with Gasteiger partial charge in [0, 0.05) is 18.7 Å². The number of anilines is 3. The van der Waals surface area contributed by atoms with Crippen molar-refractivity contribution in [3.8, 4) is 28.2 Å². The van der Waals surface area contributed by atoms with Crippen LogP contribution in [-0.4, -0.2) is 54.5 Å². The number of carbonyl (C=O) groups is 1. The maximum atomic E-state index is 13.5. The van der Waals surface area contributed by atoms with Gasteiger partial charge in [0.15, 0.2) is 5.82 Å². The molecule has 11 heteroatoms. The lowest BCUT2D eigenvalue weighted by atomic mass is 9.97. The van der Waals surface area contributed by atoms with E-state index in [2.05, 4.69) is 86.1 Å². The molecule has 2 heterocycles. The maximum Gasteiger partial charge on any atom is 0.323 e. The van der Waals surface area contributed by atoms with Crippen LogP contribution in [0.15, 0.2) is 79.4 Å². The molecule has 2 amide bonds. The van der Waals surface area contributed by atoms with Crippen LogP contribution in [0.1, 0.15) is 27.7 Å². The van der Waals surface area contributed by atoms with Crippen molar-refractivity contribution in [2.45, 2.75) is 27.7 Å². The summed E-state index contributed by atoms with van der Waals surface area (Å²) in [7, 11) is 0. The molecule has 210 valence electrons. The van der Waals surface area contributed by atoms with Crippen LogP contribution in [0, 0.1) is 11.8 Å². The Bertz CT molecular complexity index is 1570. The quantitative estimate of drug-likeness (QED) is 0.198. The van der Waals surface area contributed by atoms with Crippen LogP contribution >= 0.6 is 0 Å². The fourth-order valence-corrected chi connectivity index (χ4v) is 4.83. The van der Waals surface area contributed by atoms with Gasteiger partial charge in [-0.15, -0.1) is 5.10 Å². The molecule has 0 saturated heterocycles. The number of nitrogens with one attached hydrogen (secondary N) is 3. The molecule has 0 fully saturated rings. The minimum atomic E-state index is -0.363. The molecule has 0 aliphatic carbocycles. The Morgan fingerprint density at radius 1 is 0.902 bits per heavy atom. The first-order chi connectivity index (χ1) is 19.9. The van der Waals surface area contributed by atoms with Gasteiger partial charge in [-0.3, -0.25) is 0 Å². The summed E-state index contributed by atoms with van der Waals surface area (Å²) >= 11 is 0. The second kappa shape index (κ2) is 12.4. The van der Waals surface area contributed by atoms with Crippen LogP contribution in [0.25, 0.3) is 28.2 Å². The third-order valence-corrected chi connectivity index (χ3v) is 6.41. The Hall–Kier alpha value is -5.06. The third-order valence-electron chi connectivity index (χ3n) is 6.41. The minimum Gasteiger partial charge on any atom is -0.369 e. The number of urea groups is 1. The lowest BCUT2D eigenvalue weighted by Gasteiger charge is -2.31. The number of tetrazole rings is 1. The van der Waals surface area contributed by atoms with E-state index in [-0.39, 0.29) is 6.03 Å². The predicted molar refractivity (Wildman–Crippen MR) is 161 cm³/mol. The zero-order valence-electron chi connectivity index (χ0n) is 23.6. The van der Waals surface area contributed by atoms with Crippen molar-refractivity contribution >= 4 is 23.1 Å². The summed E-state index contributed by atoms with van der Waals surface area (Å²) in [4.78, 5) is 19.9. The number of aromatic nitrogens is 7. The molecule has 11 nitrogen and oxygen atoms in total. The zero-order chi connectivity index (χ0) is 28.8. The highest BCUT2D eigenvalue weighted by Crippen LogP contribution is 2.36. The van der Waals surface area contributed by atoms with Gasteiger partial charge in [0.1, 0.15) is 12.7 Å². The molecule has 3 aromatic carbocycles. The summed E-state index contributed by atoms with van der Waals surface area (Å²) in [6.45, 7) is 10.5. The summed E-state index contributed by atoms with van der Waals surface area (Å²) in [6, 6.07) is 21.2. The number of para-hydroxylation sites is 2. The first-order valence-electron chi connectivity index (χ1n) is 13.6. The van der Waals surface area contributed by atoms with Crippen LogP contribution in [0.2, 0.25) is 0 Å². The number of benzene rings is 3. The number of hydrogen-bond acceptors (Lipinski definition) is 7. The first kappa shape index (κ1) is 27.5. The van der Waals surface area contributed by atoms with Crippen molar-refractivity contribution in [2.24, 2.45) is 11.8 Å². The minimum absolute atomic E-state index is 0.363. The molecular weight excluding hydrogens is 516 g/mol. The molecule has 0 spiro atoms. The molecule has 0 aliphatic rings. The highest BCUT2D eigenvalue weighted by Gasteiger charge is 2.19. The molecule has 5 aromatic rings. The van der Waals surface area contributed by atoms with E-state index in [4.69, 9.17) is 0 Å². The van der Waals surface area contributed by atoms with Crippen LogP contribution in [0.4, 0.5) is 21.9 Å². The van der Waals surface area contributed by atoms with Gasteiger partial charge in [0.05, 0.1) is 22.7 Å². The van der Waals surface area contributed by atoms with Gasteiger partial charge in [-0.05, 0) is 57.7 Å². The summed E-state index contributed by atoms with van der Waals surface area (Å²) in [5, 5.41) is 24.8. The largest absolute Gasteiger partial charge is 0.369 e. The van der Waals surface area contributed by atoms with E-state index < -0.39 is 0 Å². The van der Waals surface area contributed by atoms with Gasteiger partial charge < -0.3 is 15.5 Å². The number of aromatic amines is 1. The standard InChI is InChI=1S/C30H34N10O/c1-20(2)16-39(17-21(3)4)27-14-13-22(23-9-5-6-10-24(23)29-35-37-38-36-29)15-26(27)34-30(41)33-25-11-7-8-12-28(25)40-19-31-18-32-40/h5-15,18-21H,16-17H2,1-4H3,(H2,33,34,41)(H,35,36,37,38). The molecular formula is C30H34N10O. The van der Waals surface area contributed by atoms with E-state index in [1.807, 2.05) is 54.6 Å². The molecule has 0 atom stereocenters. The fourth-order valence-electron chi connectivity index (χ4n) is 4.83. The second-order valence-electron chi connectivity index (χ2n) is 10.7. The zero-order valence-corrected chi connectivity index (χ0v) is 23.6. The van der Waals surface area contributed by atoms with Crippen molar-refractivity contribution in [2.75, 3.05) is 28.6 Å². The van der Waals surface area contributed by atoms with Crippen LogP contribution in [0.5, 0.6) is 0 Å². The number of hydrogen-bond donors (Lipinski definition) is 3. The topological polar surface area (TPSA) is 130 Å². The van der Waals surface area contributed by atoms with Crippen LogP contribution in [-0.2, 0) is 0 Å². The van der Waals surface area contributed by atoms with E-state index in [1.165, 1.54) is 6.33 Å². The SMILES string of the molecule is CC(C)CN(CC(C)C)c1ccc(-c2ccccc2-c2nnn[nH]2)cc1NC(=O)Nc1ccccc1-n1cncn1. The van der Waals surface area contributed by atoms with E-state index in [0.29, 0.717) is 34.7 Å². The predicted octanol–water partition coefficient (Wildman–Crippen LogP) is 5.88. The molecule has 0 bridgehead atoms. The lowest BCUT2D eigenvalue weighted by molar-refractivity contribution is 0.262. The maximum absolute atomic E-state index is 13.5. The van der Waals surface area contributed by atoms with Gasteiger partial charge in [-0.2, -0.15) is 5.10 Å². The monoisotopic (exact) mass is 550 g/mol. The van der Waals surface area contributed by atoms with E-state index in [0.717, 1.165) is 35.5 Å². The Labute approximate surface area is 239 Å². The summed E-state index contributed by atoms with van der Waals surface area (Å²) in [6.07, 6.45) is 3.05. The van der Waals surface area contributed by atoms with Gasteiger partial charge >= 0.3 is 6.03 Å². The average Bonchev–Trinajstić information content (AvgIpc) is 3.68. The third kappa shape index (κ3) is 6.57. The Morgan fingerprint density at radius 3 is 2.29 bits per heavy atom. The molecule has 5 rings (SSSR count). The number of amides is 2. The summed E-state index contributed by atoms with van der Waals surface area (Å²) in [5.41, 5.74) is 5.70. The van der Waals surface area contributed by atoms with Crippen molar-refractivity contribution in [3.05, 3.63) is 79.4 Å². The Kier molecular flexibility index (Phi) is 8.33. The summed E-state index contributed by atoms with van der Waals surface area (Å²) in [5.74, 6) is 1.44. The van der Waals surface area contributed by atoms with Crippen molar-refractivity contribution in [1.29, 1.82) is 0 Å². The summed E-state index contributed by atoms with van der Waals surface area (Å²) < 4.78 is 1.62. The Morgan fingerprint density at radius 2 is 1.61 bits per heavy atom. The molecule has 3 N–H and O–H groups in total. The van der Waals surface area contributed by atoms with Gasteiger partial charge in [0.25, 0.3) is 0 Å². The molecule has 0 saturated carbocycles. The second-order valence-corrected chi connectivity index (χ2v) is 10.7. The highest BCUT2D eigenvalue weighted by atomic mass is 16.2. The highest BCUT2D eigenvalue weighted by molar-refractivity contribution is 6.03. The van der Waals surface area contributed by atoms with E-state index in [9.17, 15) is 4.79 Å². The number of rotatable bonds is 10. The number of nitrogens with zero attached hydrogens (tertiary/aromatic N) is 7. The first-order valence-corrected chi connectivity index (χ1v) is 13.6. The molecule has 0 unspecified atom stereocenters. The van der Waals surface area contributed by atoms with E-state index in [1.54, 1.807) is 11.0 Å². The Balaban J connectivity index is 1.53. The average molecular weight is 551 g/mol. The molecule has 0 aliphatic heterocycles. The number of H-pyrrole nitrogens is 1. The molecule has 0 radical (unpaired) electrons. The molecule has 41 heavy (non-hydrogen) atoms. The smallest absolute Gasteiger partial charge is 0.323 e. The van der Waals surface area contributed by atoms with Crippen molar-refractivity contribution in [1.82, 2.24) is 35.4 Å². The number of carbonyl (C=O) groups excluding carboxylic acids is 1. The fraction of sp³-hybridized carbons (Fsp3) is 0.267. The normalized spacial score (nSPS) is 11.2. The van der Waals surface area contributed by atoms with E-state index >= 15 is 0 Å². The lowest BCUT2D eigenvalue weighted by Crippen LogP contribution is -2.32. The van der Waals surface area contributed by atoms with Gasteiger partial charge in [0.2, 0.25) is 0 Å². The van der Waals surface area contributed by atoms with Crippen molar-refractivity contribution in [3.63, 3.8) is 0 Å². The molecule has 2 aromatic heterocycles. The van der Waals surface area contributed by atoms with Gasteiger partial charge in [-0.25, -0.2) is 19.6 Å². The van der Waals surface area contributed by atoms with Gasteiger partial charge in [-0.1, -0.05) is 70.2 Å². The van der Waals surface area contributed by atoms with Crippen LogP contribution in [0.3, 0.4) is 0 Å². The van der Waals surface area contributed by atoms with Crippen LogP contribution < -0.4 is 15.5 Å². The van der Waals surface area contributed by atoms with Crippen molar-refractivity contribution < 1.29 is 4.79 Å².